The van der Waals surface area contributed by atoms with Crippen molar-refractivity contribution in [1.29, 1.82) is 0 Å². The highest BCUT2D eigenvalue weighted by Gasteiger charge is 2.32. The van der Waals surface area contributed by atoms with Gasteiger partial charge in [-0.25, -0.2) is 4.98 Å². The molecule has 4 aromatic rings. The Balaban J connectivity index is 1.29. The van der Waals surface area contributed by atoms with Gasteiger partial charge in [0.15, 0.2) is 5.82 Å². The SMILES string of the molecule is Cc1cc2c(n1CCN(C=O)c1nccc(-c3cc(Nc4cc5n(n4)CCN(C)C5C)c(=O)n(C)c3)c1CO)CC(C)(C)C2. The van der Waals surface area contributed by atoms with Gasteiger partial charge in [-0.2, -0.15) is 5.10 Å². The van der Waals surface area contributed by atoms with Gasteiger partial charge < -0.3 is 19.6 Å². The lowest BCUT2D eigenvalue weighted by atomic mass is 9.90. The van der Waals surface area contributed by atoms with Crippen LogP contribution in [0, 0.1) is 12.3 Å². The maximum absolute atomic E-state index is 13.2. The summed E-state index contributed by atoms with van der Waals surface area (Å²) in [4.78, 5) is 34.0. The van der Waals surface area contributed by atoms with Gasteiger partial charge in [0.2, 0.25) is 6.41 Å². The molecule has 1 aliphatic heterocycles. The van der Waals surface area contributed by atoms with Crippen LogP contribution in [0.4, 0.5) is 17.3 Å². The third kappa shape index (κ3) is 5.35. The number of hydrogen-bond donors (Lipinski definition) is 2. The standard InChI is InChI=1S/C33H42N8O3/c1-21-13-23-16-33(3,4)17-29(23)40(21)11-10-39(20-43)31-26(19-42)25(7-8-34-31)24-14-27(32(44)38(6)18-24)35-30-15-28-22(2)37(5)9-12-41(28)36-30/h7-8,13-15,18,20,22,42H,9-12,16-17,19H2,1-6H3,(H,35,36). The highest BCUT2D eigenvalue weighted by Crippen LogP contribution is 2.38. The second kappa shape index (κ2) is 11.4. The number of likely N-dealkylation sites (N-methyl/N-ethyl adjacent to an activating group) is 1. The minimum absolute atomic E-state index is 0.197. The average Bonchev–Trinajstić information content (AvgIpc) is 3.62. The number of amides is 1. The lowest BCUT2D eigenvalue weighted by Gasteiger charge is -2.30. The minimum Gasteiger partial charge on any atom is -0.392 e. The van der Waals surface area contributed by atoms with E-state index >= 15 is 0 Å². The molecule has 2 N–H and O–H groups in total. The van der Waals surface area contributed by atoms with Crippen molar-refractivity contribution in [3.05, 3.63) is 75.2 Å². The lowest BCUT2D eigenvalue weighted by molar-refractivity contribution is -0.107. The Morgan fingerprint density at radius 1 is 1.18 bits per heavy atom. The van der Waals surface area contributed by atoms with E-state index in [1.165, 1.54) is 21.5 Å². The number of carbonyl (C=O) groups is 1. The highest BCUT2D eigenvalue weighted by molar-refractivity contribution is 5.81. The van der Waals surface area contributed by atoms with E-state index in [1.54, 1.807) is 36.5 Å². The molecule has 11 heteroatoms. The first kappa shape index (κ1) is 29.8. The average molecular weight is 599 g/mol. The molecule has 1 aliphatic carbocycles. The Labute approximate surface area is 257 Å². The van der Waals surface area contributed by atoms with Gasteiger partial charge in [-0.15, -0.1) is 0 Å². The van der Waals surface area contributed by atoms with E-state index in [4.69, 9.17) is 5.10 Å². The predicted octanol–water partition coefficient (Wildman–Crippen LogP) is 3.78. The van der Waals surface area contributed by atoms with Gasteiger partial charge >= 0.3 is 0 Å². The summed E-state index contributed by atoms with van der Waals surface area (Å²) in [5, 5.41) is 18.5. The topological polar surface area (TPSA) is 113 Å². The number of carbonyl (C=O) groups excluding carboxylic acids is 1. The Morgan fingerprint density at radius 3 is 2.73 bits per heavy atom. The zero-order valence-electron chi connectivity index (χ0n) is 26.5. The number of fused-ring (bicyclic) bond motifs is 2. The highest BCUT2D eigenvalue weighted by atomic mass is 16.3. The molecule has 1 unspecified atom stereocenters. The fourth-order valence-corrected chi connectivity index (χ4v) is 6.84. The van der Waals surface area contributed by atoms with Crippen molar-refractivity contribution in [1.82, 2.24) is 28.8 Å². The van der Waals surface area contributed by atoms with E-state index < -0.39 is 0 Å². The molecule has 0 saturated carbocycles. The lowest BCUT2D eigenvalue weighted by Crippen LogP contribution is -2.33. The number of rotatable bonds is 9. The zero-order valence-corrected chi connectivity index (χ0v) is 26.5. The number of pyridine rings is 2. The number of nitrogens with one attached hydrogen (secondary N) is 1. The number of aliphatic hydroxyl groups excluding tert-OH is 1. The quantitative estimate of drug-likeness (QED) is 0.282. The van der Waals surface area contributed by atoms with Crippen molar-refractivity contribution in [2.45, 2.75) is 66.3 Å². The van der Waals surface area contributed by atoms with E-state index in [2.05, 4.69) is 60.6 Å². The Morgan fingerprint density at radius 2 is 1.98 bits per heavy atom. The zero-order chi connectivity index (χ0) is 31.3. The minimum atomic E-state index is -0.320. The number of hydrogen-bond acceptors (Lipinski definition) is 7. The molecule has 6 rings (SSSR count). The molecule has 1 amide bonds. The molecule has 0 bridgehead atoms. The Hall–Kier alpha value is -4.22. The summed E-state index contributed by atoms with van der Waals surface area (Å²) in [5.41, 5.74) is 7.35. The molecule has 232 valence electrons. The third-order valence-electron chi connectivity index (χ3n) is 9.30. The summed E-state index contributed by atoms with van der Waals surface area (Å²) in [6.45, 7) is 11.2. The van der Waals surface area contributed by atoms with Crippen LogP contribution in [0.1, 0.15) is 55.0 Å². The first-order valence-corrected chi connectivity index (χ1v) is 15.2. The summed E-state index contributed by atoms with van der Waals surface area (Å²) in [6.07, 6.45) is 6.22. The van der Waals surface area contributed by atoms with E-state index in [9.17, 15) is 14.7 Å². The molecule has 0 spiro atoms. The van der Waals surface area contributed by atoms with Crippen molar-refractivity contribution < 1.29 is 9.90 Å². The van der Waals surface area contributed by atoms with Gasteiger partial charge in [0, 0.05) is 73.7 Å². The van der Waals surface area contributed by atoms with Crippen molar-refractivity contribution in [3.63, 3.8) is 0 Å². The van der Waals surface area contributed by atoms with Crippen molar-refractivity contribution in [2.75, 3.05) is 30.4 Å². The first-order valence-electron chi connectivity index (χ1n) is 15.2. The van der Waals surface area contributed by atoms with Crippen LogP contribution >= 0.6 is 0 Å². The Kier molecular flexibility index (Phi) is 7.71. The largest absolute Gasteiger partial charge is 0.392 e. The van der Waals surface area contributed by atoms with Crippen LogP contribution in [0.25, 0.3) is 11.1 Å². The molecule has 5 heterocycles. The van der Waals surface area contributed by atoms with Gasteiger partial charge in [-0.1, -0.05) is 13.8 Å². The van der Waals surface area contributed by atoms with Gasteiger partial charge in [0.25, 0.3) is 5.56 Å². The molecule has 1 atom stereocenters. The fraction of sp³-hybridized carbons (Fsp3) is 0.455. The van der Waals surface area contributed by atoms with Gasteiger partial charge in [-0.3, -0.25) is 24.1 Å². The Bertz CT molecular complexity index is 1780. The maximum Gasteiger partial charge on any atom is 0.274 e. The molecule has 44 heavy (non-hydrogen) atoms. The molecule has 0 radical (unpaired) electrons. The number of aliphatic hydroxyl groups is 1. The summed E-state index contributed by atoms with van der Waals surface area (Å²) in [5.74, 6) is 1.02. The molecule has 4 aromatic heterocycles. The van der Waals surface area contributed by atoms with Gasteiger partial charge in [0.1, 0.15) is 11.5 Å². The van der Waals surface area contributed by atoms with Crippen LogP contribution in [0.2, 0.25) is 0 Å². The van der Waals surface area contributed by atoms with Crippen molar-refractivity contribution in [3.8, 4) is 11.1 Å². The molecule has 11 nitrogen and oxygen atoms in total. The molecule has 2 aliphatic rings. The summed E-state index contributed by atoms with van der Waals surface area (Å²) in [6, 6.07) is 8.05. The van der Waals surface area contributed by atoms with E-state index in [1.807, 2.05) is 10.7 Å². The van der Waals surface area contributed by atoms with Crippen LogP contribution in [0.3, 0.4) is 0 Å². The molecule has 0 aromatic carbocycles. The van der Waals surface area contributed by atoms with E-state index in [-0.39, 0.29) is 23.6 Å². The van der Waals surface area contributed by atoms with Crippen molar-refractivity contribution in [2.24, 2.45) is 12.5 Å². The third-order valence-corrected chi connectivity index (χ3v) is 9.30. The van der Waals surface area contributed by atoms with Crippen LogP contribution in [-0.2, 0) is 44.4 Å². The van der Waals surface area contributed by atoms with Gasteiger partial charge in [0.05, 0.1) is 18.8 Å². The summed E-state index contributed by atoms with van der Waals surface area (Å²) < 4.78 is 5.80. The van der Waals surface area contributed by atoms with Crippen LogP contribution in [0.5, 0.6) is 0 Å². The molecular weight excluding hydrogens is 556 g/mol. The van der Waals surface area contributed by atoms with E-state index in [0.29, 0.717) is 47.1 Å². The summed E-state index contributed by atoms with van der Waals surface area (Å²) in [7, 11) is 3.79. The molecule has 0 saturated heterocycles. The fourth-order valence-electron chi connectivity index (χ4n) is 6.84. The number of nitrogens with zero attached hydrogens (tertiary/aromatic N) is 7. The van der Waals surface area contributed by atoms with Crippen LogP contribution in [-0.4, -0.2) is 60.5 Å². The summed E-state index contributed by atoms with van der Waals surface area (Å²) >= 11 is 0. The molecule has 0 fully saturated rings. The monoisotopic (exact) mass is 598 g/mol. The van der Waals surface area contributed by atoms with E-state index in [0.717, 1.165) is 38.0 Å². The van der Waals surface area contributed by atoms with Gasteiger partial charge in [-0.05, 0) is 68.5 Å². The second-order valence-electron chi connectivity index (χ2n) is 13.1. The van der Waals surface area contributed by atoms with Crippen LogP contribution in [0.15, 0.2) is 41.5 Å². The first-order chi connectivity index (χ1) is 21.0. The normalized spacial score (nSPS) is 17.4. The van der Waals surface area contributed by atoms with Crippen LogP contribution < -0.4 is 15.8 Å². The smallest absolute Gasteiger partial charge is 0.274 e. The number of aryl methyl sites for hydroxylation is 2. The second-order valence-corrected chi connectivity index (χ2v) is 13.1. The molecular formula is C33H42N8O3. The predicted molar refractivity (Wildman–Crippen MR) is 171 cm³/mol. The maximum atomic E-state index is 13.2. The number of aromatic nitrogens is 5. The van der Waals surface area contributed by atoms with Crippen molar-refractivity contribution >= 4 is 23.7 Å². The number of anilines is 3.